The number of aliphatic hydroxyl groups is 16. The lowest BCUT2D eigenvalue weighted by atomic mass is 9.42. The first-order valence-corrected chi connectivity index (χ1v) is 32.8. The van der Waals surface area contributed by atoms with E-state index >= 15 is 0 Å². The van der Waals surface area contributed by atoms with Gasteiger partial charge >= 0.3 is 0 Å². The van der Waals surface area contributed by atoms with Crippen LogP contribution in [0.1, 0.15) is 113 Å². The van der Waals surface area contributed by atoms with Gasteiger partial charge in [0.1, 0.15) is 128 Å². The second kappa shape index (κ2) is 27.4. The predicted octanol–water partition coefficient (Wildman–Crippen LogP) is -4.51. The first-order valence-electron chi connectivity index (χ1n) is 32.8. The normalized spacial score (nSPS) is 54.8. The number of fused-ring (bicyclic) bond motifs is 5. The Bertz CT molecular complexity index is 2570. The molecule has 528 valence electrons. The molecule has 7 aliphatic heterocycles. The van der Waals surface area contributed by atoms with Gasteiger partial charge in [-0.1, -0.05) is 52.7 Å². The number of Topliss-reactive ketones (excluding diaryl/α,β-unsaturated/α-hetero) is 1. The Morgan fingerprint density at radius 1 is 0.522 bits per heavy atom. The van der Waals surface area contributed by atoms with Crippen molar-refractivity contribution in [3.63, 3.8) is 0 Å². The van der Waals surface area contributed by atoms with Crippen molar-refractivity contribution < 1.29 is 148 Å². The molecule has 0 aromatic heterocycles. The quantitative estimate of drug-likeness (QED) is 0.0610. The van der Waals surface area contributed by atoms with Crippen molar-refractivity contribution in [2.75, 3.05) is 39.6 Å². The second-order valence-corrected chi connectivity index (χ2v) is 28.8. The van der Waals surface area contributed by atoms with Gasteiger partial charge < -0.3 is 143 Å². The number of carbonyl (C=O) groups is 1. The maximum Gasteiger partial charge on any atom is 0.187 e. The zero-order chi connectivity index (χ0) is 66.6. The van der Waals surface area contributed by atoms with E-state index in [1.54, 1.807) is 0 Å². The standard InChI is InChI=1S/C62H100O30/c1-8-28(65)32-17-24(2)62(92-32)16-15-60(6)27-9-10-35-58(4,26(27)11-14-61(60,62)7)13-12-36(59(35,5)23-64)87-54-47(79)44(76)41(73)34(86-54)22-83-55-49(39(71)30(67)20-81-55)90-57-51(91-53-46(78)43(75)37(69)25(3)84-53)48(42(74)33(18-63)85-57)88-56-50(40(72)31(68)21-82-56)89-52-45(77)38(70)29(66)19-80-52/h24-25,29-57,63-64,66-79H,8-23H2,1-7H3/t24-,25+,29+,30+,31-,32+,33+,34-,35+,36+,37-,38-,39+,40+,41-,42+,43+,44+,45+,46+,47+,48+,49+,50-,51-,52+,53-,54+,55+,56-,57+,58+,59-,60-,61-,62-/m1/s1. The molecule has 92 heavy (non-hydrogen) atoms. The van der Waals surface area contributed by atoms with Crippen LogP contribution in [0.25, 0.3) is 0 Å². The number of allylic oxidation sites excluding steroid dienone is 2. The average molecular weight is 1330 g/mol. The third kappa shape index (κ3) is 12.0. The Kier molecular flexibility index (Phi) is 21.3. The highest BCUT2D eigenvalue weighted by molar-refractivity contribution is 5.83. The van der Waals surface area contributed by atoms with Gasteiger partial charge in [-0.2, -0.15) is 0 Å². The molecule has 30 nitrogen and oxygen atoms in total. The summed E-state index contributed by atoms with van der Waals surface area (Å²) in [5.41, 5.74) is 0.790. The summed E-state index contributed by atoms with van der Waals surface area (Å²) in [6, 6.07) is 0. The van der Waals surface area contributed by atoms with Crippen molar-refractivity contribution in [3.8, 4) is 0 Å². The lowest BCUT2D eigenvalue weighted by Crippen LogP contribution is -2.68. The largest absolute Gasteiger partial charge is 0.396 e. The van der Waals surface area contributed by atoms with Crippen molar-refractivity contribution in [3.05, 3.63) is 11.1 Å². The highest BCUT2D eigenvalue weighted by atomic mass is 16.8. The molecule has 30 heteroatoms. The van der Waals surface area contributed by atoms with Gasteiger partial charge in [0.05, 0.1) is 57.5 Å². The smallest absolute Gasteiger partial charge is 0.187 e. The van der Waals surface area contributed by atoms with Crippen LogP contribution in [0.4, 0.5) is 0 Å². The molecule has 0 bridgehead atoms. The number of hydrogen-bond acceptors (Lipinski definition) is 30. The van der Waals surface area contributed by atoms with E-state index in [9.17, 15) is 86.5 Å². The topological polar surface area (TPSA) is 461 Å². The maximum absolute atomic E-state index is 13.1. The monoisotopic (exact) mass is 1320 g/mol. The van der Waals surface area contributed by atoms with Crippen LogP contribution >= 0.6 is 0 Å². The molecule has 0 aromatic rings. The van der Waals surface area contributed by atoms with Crippen LogP contribution in [0.5, 0.6) is 0 Å². The fraction of sp³-hybridized carbons (Fsp3) is 0.952. The number of rotatable bonds is 17. The van der Waals surface area contributed by atoms with Gasteiger partial charge in [0.15, 0.2) is 43.5 Å². The molecule has 7 saturated heterocycles. The maximum atomic E-state index is 13.1. The Balaban J connectivity index is 0.811. The van der Waals surface area contributed by atoms with E-state index in [1.165, 1.54) is 18.1 Å². The van der Waals surface area contributed by atoms with Gasteiger partial charge in [0.25, 0.3) is 0 Å². The first-order chi connectivity index (χ1) is 43.4. The predicted molar refractivity (Wildman–Crippen MR) is 306 cm³/mol. The van der Waals surface area contributed by atoms with E-state index in [0.717, 1.165) is 44.9 Å². The molecular formula is C62H100O30. The zero-order valence-electron chi connectivity index (χ0n) is 53.1. The number of hydrogen-bond donors (Lipinski definition) is 16. The molecule has 0 aromatic carbocycles. The number of carbonyl (C=O) groups excluding carboxylic acids is 1. The molecular weight excluding hydrogens is 1220 g/mol. The minimum atomic E-state index is -2.05. The van der Waals surface area contributed by atoms with E-state index in [1.807, 2.05) is 13.8 Å². The van der Waals surface area contributed by atoms with E-state index in [2.05, 4.69) is 27.7 Å². The molecule has 11 rings (SSSR count). The van der Waals surface area contributed by atoms with Gasteiger partial charge in [0.2, 0.25) is 0 Å². The van der Waals surface area contributed by atoms with E-state index < -0.39 is 222 Å². The Labute approximate surface area is 533 Å². The summed E-state index contributed by atoms with van der Waals surface area (Å²) in [4.78, 5) is 13.1. The van der Waals surface area contributed by atoms with Crippen LogP contribution < -0.4 is 0 Å². The molecule has 0 radical (unpaired) electrons. The third-order valence-electron chi connectivity index (χ3n) is 23.9. The first kappa shape index (κ1) is 71.5. The van der Waals surface area contributed by atoms with Gasteiger partial charge in [-0.25, -0.2) is 0 Å². The molecule has 1 spiro atoms. The molecule has 0 unspecified atom stereocenters. The van der Waals surface area contributed by atoms with Gasteiger partial charge in [-0.05, 0) is 87.4 Å². The molecule has 16 N–H and O–H groups in total. The Morgan fingerprint density at radius 2 is 1.09 bits per heavy atom. The summed E-state index contributed by atoms with van der Waals surface area (Å²) in [5.74, 6) is 0.262. The molecule has 4 aliphatic carbocycles. The molecule has 9 fully saturated rings. The number of ether oxygens (including phenoxy) is 13. The minimum absolute atomic E-state index is 0.0944. The van der Waals surface area contributed by atoms with Crippen molar-refractivity contribution >= 4 is 5.78 Å². The summed E-state index contributed by atoms with van der Waals surface area (Å²) in [7, 11) is 0. The fourth-order valence-electron chi connectivity index (χ4n) is 18.0. The van der Waals surface area contributed by atoms with Crippen molar-refractivity contribution in [2.45, 2.75) is 296 Å². The summed E-state index contributed by atoms with van der Waals surface area (Å²) in [6.45, 7) is 10.8. The number of aliphatic hydroxyl groups excluding tert-OH is 16. The van der Waals surface area contributed by atoms with E-state index in [-0.39, 0.29) is 40.5 Å². The molecule has 0 amide bonds. The Morgan fingerprint density at radius 3 is 1.74 bits per heavy atom. The third-order valence-corrected chi connectivity index (χ3v) is 23.9. The summed E-state index contributed by atoms with van der Waals surface area (Å²) in [6.07, 6.45) is -42.6. The zero-order valence-corrected chi connectivity index (χ0v) is 53.1. The van der Waals surface area contributed by atoms with Crippen LogP contribution in [0.2, 0.25) is 0 Å². The average Bonchev–Trinajstić information content (AvgIpc) is 1.43. The lowest BCUT2D eigenvalue weighted by molar-refractivity contribution is -0.408. The highest BCUT2D eigenvalue weighted by Crippen LogP contribution is 2.75. The summed E-state index contributed by atoms with van der Waals surface area (Å²) >= 11 is 0. The highest BCUT2D eigenvalue weighted by Gasteiger charge is 2.72. The van der Waals surface area contributed by atoms with Crippen LogP contribution in [0.15, 0.2) is 11.1 Å². The molecule has 7 heterocycles. The van der Waals surface area contributed by atoms with Crippen LogP contribution in [-0.2, 0) is 66.4 Å². The lowest BCUT2D eigenvalue weighted by Gasteiger charge is -2.63. The molecule has 11 aliphatic rings. The van der Waals surface area contributed by atoms with Crippen LogP contribution in [0, 0.1) is 33.5 Å². The molecule has 36 atom stereocenters. The molecule has 2 saturated carbocycles. The van der Waals surface area contributed by atoms with Crippen molar-refractivity contribution in [1.29, 1.82) is 0 Å². The van der Waals surface area contributed by atoms with Gasteiger partial charge in [0, 0.05) is 17.3 Å². The SMILES string of the molecule is CCC(=O)[C@@H]1C[C@@H](C)[C@@]2(CC[C@]3(C)C4=C(CC[C@]32C)[C@]2(C)CC[C@H](O[C@@H]3O[C@H](CO[C@@H]5OC[C@H](O)[C@H](O)[C@@H]5O[C@@H]5O[C@@H](CO)[C@H](O)[C@H](O[C@H]6OC[C@@H](O)[C@H](O)[C@H]6O[C@@H]6OC[C@H](O)[C@@H](O)[C@@H]6O)[C@H]5O[C@H]5O[C@@H](C)[C@@H](O)[C@H](O)[C@@H]5O)[C@@H](O)[C@H](O)[C@@H]3O)[C@](C)(CO)[C@H]2CC4)O1. The second-order valence-electron chi connectivity index (χ2n) is 28.8. The number of ketones is 1. The van der Waals surface area contributed by atoms with Crippen LogP contribution in [-0.4, -0.2) is 311 Å². The summed E-state index contributed by atoms with van der Waals surface area (Å²) in [5, 5.41) is 177. The van der Waals surface area contributed by atoms with E-state index in [0.29, 0.717) is 19.3 Å². The van der Waals surface area contributed by atoms with Crippen molar-refractivity contribution in [1.82, 2.24) is 0 Å². The van der Waals surface area contributed by atoms with E-state index in [4.69, 9.17) is 61.6 Å². The van der Waals surface area contributed by atoms with Gasteiger partial charge in [-0.15, -0.1) is 0 Å². The Hall–Kier alpha value is -1.75. The van der Waals surface area contributed by atoms with Crippen molar-refractivity contribution in [2.24, 2.45) is 33.5 Å². The fourth-order valence-corrected chi connectivity index (χ4v) is 18.0. The van der Waals surface area contributed by atoms with Crippen LogP contribution in [0.3, 0.4) is 0 Å². The summed E-state index contributed by atoms with van der Waals surface area (Å²) < 4.78 is 79.5. The minimum Gasteiger partial charge on any atom is -0.396 e. The van der Waals surface area contributed by atoms with Gasteiger partial charge in [-0.3, -0.25) is 4.79 Å².